The number of nitrogens with zero attached hydrogens (tertiary/aromatic N) is 1. The van der Waals surface area contributed by atoms with Crippen LogP contribution >= 0.6 is 11.6 Å². The number of ether oxygens (including phenoxy) is 9. The lowest BCUT2D eigenvalue weighted by molar-refractivity contribution is -0.131. The quantitative estimate of drug-likeness (QED) is 0.0329. The van der Waals surface area contributed by atoms with E-state index in [1.807, 2.05) is 55.4 Å². The maximum absolute atomic E-state index is 13.8. The summed E-state index contributed by atoms with van der Waals surface area (Å²) < 4.78 is 51.5. The lowest BCUT2D eigenvalue weighted by Gasteiger charge is -2.37. The molecule has 0 bridgehead atoms. The van der Waals surface area contributed by atoms with E-state index >= 15 is 0 Å². The molecule has 61 heavy (non-hydrogen) atoms. The smallest absolute Gasteiger partial charge is 0.340 e. The Kier molecular flexibility index (Phi) is 16.7. The first kappa shape index (κ1) is 45.7. The number of hydrogen-bond donors (Lipinski definition) is 1. The summed E-state index contributed by atoms with van der Waals surface area (Å²) in [6.07, 6.45) is 1.79. The average molecular weight is 863 g/mol. The molecule has 2 unspecified atom stereocenters. The third kappa shape index (κ3) is 11.6. The summed E-state index contributed by atoms with van der Waals surface area (Å²) in [5.74, 6) is 0.105. The van der Waals surface area contributed by atoms with Crippen LogP contribution in [0.1, 0.15) is 64.1 Å². The van der Waals surface area contributed by atoms with E-state index in [1.165, 1.54) is 6.92 Å². The molecule has 0 radical (unpaired) electrons. The van der Waals surface area contributed by atoms with Gasteiger partial charge in [-0.3, -0.25) is 9.59 Å². The fourth-order valence-electron chi connectivity index (χ4n) is 7.08. The van der Waals surface area contributed by atoms with Crippen LogP contribution in [0.4, 0.5) is 5.69 Å². The molecule has 0 saturated heterocycles. The molecular weight excluding hydrogens is 808 g/mol. The van der Waals surface area contributed by atoms with E-state index in [0.29, 0.717) is 112 Å². The minimum absolute atomic E-state index is 0.166. The monoisotopic (exact) mass is 862 g/mol. The van der Waals surface area contributed by atoms with Gasteiger partial charge >= 0.3 is 11.9 Å². The summed E-state index contributed by atoms with van der Waals surface area (Å²) >= 11 is 6.06. The standard InChI is InChI=1S/C46H55ClN2O12/c1-5-34(47)14-16-53-18-20-55-22-24-57-26-27-58-25-23-56-21-19-54-17-15-48-44(51)33-7-11-39-38(29-33)45(52)61-46(39)40-13-8-35(49(3)4)30-42(40)60-43-37-10-9-36(59-31(2)50)28-32(37)6-12-41(43)46/h6-13,28-30,34H,5,14-27H2,1-4H3,(H,48,51). The molecule has 15 heteroatoms. The van der Waals surface area contributed by atoms with Gasteiger partial charge in [-0.05, 0) is 66.8 Å². The molecule has 4 aromatic carbocycles. The molecule has 2 atom stereocenters. The fourth-order valence-corrected chi connectivity index (χ4v) is 7.17. The van der Waals surface area contributed by atoms with Gasteiger partial charge in [0, 0.05) is 78.9 Å². The van der Waals surface area contributed by atoms with E-state index in [0.717, 1.165) is 29.3 Å². The lowest BCUT2D eigenvalue weighted by Crippen LogP contribution is -2.33. The summed E-state index contributed by atoms with van der Waals surface area (Å²) in [5.41, 5.74) is 2.03. The number of nitrogens with one attached hydrogen (secondary N) is 1. The highest BCUT2D eigenvalue weighted by Crippen LogP contribution is 2.58. The van der Waals surface area contributed by atoms with Crippen molar-refractivity contribution in [2.24, 2.45) is 0 Å². The Bertz CT molecular complexity index is 2130. The van der Waals surface area contributed by atoms with Crippen LogP contribution in [0.15, 0.2) is 66.7 Å². The van der Waals surface area contributed by atoms with Crippen molar-refractivity contribution in [2.45, 2.75) is 37.7 Å². The second-order valence-electron chi connectivity index (χ2n) is 14.7. The summed E-state index contributed by atoms with van der Waals surface area (Å²) in [4.78, 5) is 40.6. The molecule has 4 aromatic rings. The molecule has 0 aromatic heterocycles. The van der Waals surface area contributed by atoms with Gasteiger partial charge in [-0.2, -0.15) is 0 Å². The SMILES string of the molecule is CCC(Cl)CCOCCOCCOCCOCCOCCOCCNC(=O)c1ccc2c(c1)C(=O)OC21c2ccc(N(C)C)cc2Oc2c1ccc1cc(OC(C)=O)ccc21. The van der Waals surface area contributed by atoms with Gasteiger partial charge in [0.1, 0.15) is 17.2 Å². The topological polar surface area (TPSA) is 150 Å². The summed E-state index contributed by atoms with van der Waals surface area (Å²) in [6.45, 7) is 9.17. The highest BCUT2D eigenvalue weighted by molar-refractivity contribution is 6.20. The number of hydrogen-bond acceptors (Lipinski definition) is 13. The Morgan fingerprint density at radius 1 is 0.738 bits per heavy atom. The molecule has 6 rings (SSSR count). The Balaban J connectivity index is 0.941. The van der Waals surface area contributed by atoms with E-state index in [2.05, 4.69) is 12.2 Å². The van der Waals surface area contributed by atoms with Gasteiger partial charge in [0.05, 0.1) is 78.2 Å². The normalized spacial score (nSPS) is 15.5. The van der Waals surface area contributed by atoms with E-state index in [1.54, 1.807) is 30.3 Å². The predicted octanol–water partition coefficient (Wildman–Crippen LogP) is 6.64. The number of benzene rings is 4. The summed E-state index contributed by atoms with van der Waals surface area (Å²) in [5, 5.41) is 4.54. The third-order valence-corrected chi connectivity index (χ3v) is 10.7. The van der Waals surface area contributed by atoms with E-state index in [9.17, 15) is 14.4 Å². The number of fused-ring (bicyclic) bond motifs is 8. The van der Waals surface area contributed by atoms with Gasteiger partial charge < -0.3 is 52.8 Å². The first-order chi connectivity index (χ1) is 29.6. The highest BCUT2D eigenvalue weighted by Gasteiger charge is 2.54. The van der Waals surface area contributed by atoms with Crippen molar-refractivity contribution in [2.75, 3.05) is 105 Å². The molecule has 0 saturated carbocycles. The number of amides is 1. The zero-order valence-electron chi connectivity index (χ0n) is 35.3. The Morgan fingerprint density at radius 2 is 1.34 bits per heavy atom. The number of alkyl halides is 1. The number of anilines is 1. The molecule has 1 amide bonds. The number of carbonyl (C=O) groups excluding carboxylic acids is 3. The van der Waals surface area contributed by atoms with E-state index in [4.69, 9.17) is 54.2 Å². The van der Waals surface area contributed by atoms with Gasteiger partial charge in [0.15, 0.2) is 5.60 Å². The molecular formula is C46H55ClN2O12. The van der Waals surface area contributed by atoms with Crippen LogP contribution in [0.5, 0.6) is 17.2 Å². The predicted molar refractivity (Wildman–Crippen MR) is 230 cm³/mol. The van der Waals surface area contributed by atoms with Crippen molar-refractivity contribution < 1.29 is 57.0 Å². The van der Waals surface area contributed by atoms with Crippen LogP contribution in [0.2, 0.25) is 0 Å². The largest absolute Gasteiger partial charge is 0.456 e. The zero-order chi connectivity index (χ0) is 43.2. The molecule has 14 nitrogen and oxygen atoms in total. The highest BCUT2D eigenvalue weighted by atomic mass is 35.5. The first-order valence-electron chi connectivity index (χ1n) is 20.6. The molecule has 1 N–H and O–H groups in total. The van der Waals surface area contributed by atoms with Crippen LogP contribution < -0.4 is 19.7 Å². The van der Waals surface area contributed by atoms with Gasteiger partial charge in [-0.15, -0.1) is 11.6 Å². The van der Waals surface area contributed by atoms with Gasteiger partial charge in [0.25, 0.3) is 5.91 Å². The second kappa shape index (κ2) is 22.3. The third-order valence-electron chi connectivity index (χ3n) is 10.2. The molecule has 328 valence electrons. The van der Waals surface area contributed by atoms with E-state index in [-0.39, 0.29) is 30.0 Å². The van der Waals surface area contributed by atoms with Crippen LogP contribution in [-0.4, -0.2) is 123 Å². The van der Waals surface area contributed by atoms with Gasteiger partial charge in [-0.1, -0.05) is 19.1 Å². The number of rotatable bonds is 25. The van der Waals surface area contributed by atoms with Gasteiger partial charge in [-0.25, -0.2) is 4.79 Å². The molecule has 2 aliphatic rings. The molecule has 2 aliphatic heterocycles. The number of esters is 2. The van der Waals surface area contributed by atoms with E-state index < -0.39 is 17.5 Å². The van der Waals surface area contributed by atoms with Crippen molar-refractivity contribution in [1.29, 1.82) is 0 Å². The van der Waals surface area contributed by atoms with Crippen molar-refractivity contribution in [3.8, 4) is 17.2 Å². The fraction of sp³-hybridized carbons (Fsp3) is 0.457. The lowest BCUT2D eigenvalue weighted by atomic mass is 9.76. The molecule has 0 fully saturated rings. The first-order valence-corrected chi connectivity index (χ1v) is 21.1. The molecule has 2 heterocycles. The number of carbonyl (C=O) groups is 3. The van der Waals surface area contributed by atoms with Gasteiger partial charge in [0.2, 0.25) is 0 Å². The van der Waals surface area contributed by atoms with Crippen LogP contribution in [-0.2, 0) is 43.6 Å². The van der Waals surface area contributed by atoms with Crippen LogP contribution in [0.3, 0.4) is 0 Å². The Labute approximate surface area is 361 Å². The molecule has 0 aliphatic carbocycles. The van der Waals surface area contributed by atoms with Crippen molar-refractivity contribution in [1.82, 2.24) is 5.32 Å². The summed E-state index contributed by atoms with van der Waals surface area (Å²) in [6, 6.07) is 19.8. The average Bonchev–Trinajstić information content (AvgIpc) is 3.54. The Hall–Kier alpha value is -4.80. The zero-order valence-corrected chi connectivity index (χ0v) is 36.0. The van der Waals surface area contributed by atoms with Crippen molar-refractivity contribution in [3.05, 3.63) is 94.5 Å². The second-order valence-corrected chi connectivity index (χ2v) is 15.3. The molecule has 1 spiro atoms. The van der Waals surface area contributed by atoms with Crippen LogP contribution in [0, 0.1) is 0 Å². The number of halogens is 1. The minimum atomic E-state index is -1.34. The minimum Gasteiger partial charge on any atom is -0.456 e. The maximum atomic E-state index is 13.8. The van der Waals surface area contributed by atoms with Crippen LogP contribution in [0.25, 0.3) is 10.8 Å². The Morgan fingerprint density at radius 3 is 1.97 bits per heavy atom. The van der Waals surface area contributed by atoms with Crippen molar-refractivity contribution >= 4 is 45.9 Å². The maximum Gasteiger partial charge on any atom is 0.340 e. The van der Waals surface area contributed by atoms with Crippen molar-refractivity contribution in [3.63, 3.8) is 0 Å². The summed E-state index contributed by atoms with van der Waals surface area (Å²) in [7, 11) is 3.86.